The van der Waals surface area contributed by atoms with Gasteiger partial charge in [-0.2, -0.15) is 0 Å². The summed E-state index contributed by atoms with van der Waals surface area (Å²) in [6, 6.07) is 6.21. The van der Waals surface area contributed by atoms with E-state index in [4.69, 9.17) is 0 Å². The summed E-state index contributed by atoms with van der Waals surface area (Å²) in [6.45, 7) is 1.96. The zero-order valence-electron chi connectivity index (χ0n) is 10.8. The Hall–Kier alpha value is -2.04. The number of phenolic OH excluding ortho intramolecular Hbond substituents is 1. The standard InChI is InChI=1S/C14H17NO4/c1-14(13(18)19)8-4-5-9-15(14)12(17)10-6-2-3-7-11(10)16/h2-3,6-7,16H,4-5,8-9H2,1H3,(H,18,19). The third-order valence-electron chi connectivity index (χ3n) is 3.73. The van der Waals surface area contributed by atoms with Crippen LogP contribution in [0.2, 0.25) is 0 Å². The first-order chi connectivity index (χ1) is 8.97. The topological polar surface area (TPSA) is 77.8 Å². The fourth-order valence-electron chi connectivity index (χ4n) is 2.47. The molecule has 1 aliphatic rings. The molecule has 2 N–H and O–H groups in total. The number of likely N-dealkylation sites (tertiary alicyclic amines) is 1. The molecule has 5 heteroatoms. The average molecular weight is 263 g/mol. The molecule has 5 nitrogen and oxygen atoms in total. The number of hydrogen-bond donors (Lipinski definition) is 2. The maximum absolute atomic E-state index is 12.4. The molecule has 2 rings (SSSR count). The van der Waals surface area contributed by atoms with Crippen LogP contribution in [0.3, 0.4) is 0 Å². The zero-order chi connectivity index (χ0) is 14.0. The van der Waals surface area contributed by atoms with Crippen molar-refractivity contribution in [3.8, 4) is 5.75 Å². The van der Waals surface area contributed by atoms with E-state index in [1.165, 1.54) is 17.0 Å². The lowest BCUT2D eigenvalue weighted by Gasteiger charge is -2.41. The summed E-state index contributed by atoms with van der Waals surface area (Å²) in [7, 11) is 0. The van der Waals surface area contributed by atoms with Gasteiger partial charge >= 0.3 is 5.97 Å². The Morgan fingerprint density at radius 3 is 2.58 bits per heavy atom. The molecular weight excluding hydrogens is 246 g/mol. The van der Waals surface area contributed by atoms with Crippen LogP contribution in [-0.4, -0.2) is 39.1 Å². The van der Waals surface area contributed by atoms with E-state index in [9.17, 15) is 19.8 Å². The van der Waals surface area contributed by atoms with E-state index in [2.05, 4.69) is 0 Å². The number of aromatic hydroxyl groups is 1. The van der Waals surface area contributed by atoms with Crippen LogP contribution in [0.1, 0.15) is 36.5 Å². The summed E-state index contributed by atoms with van der Waals surface area (Å²) in [5.41, 5.74) is -1.05. The zero-order valence-corrected chi connectivity index (χ0v) is 10.8. The molecule has 1 aliphatic heterocycles. The van der Waals surface area contributed by atoms with Crippen molar-refractivity contribution in [1.82, 2.24) is 4.90 Å². The van der Waals surface area contributed by atoms with Gasteiger partial charge < -0.3 is 15.1 Å². The predicted molar refractivity (Wildman–Crippen MR) is 69.0 cm³/mol. The van der Waals surface area contributed by atoms with Crippen molar-refractivity contribution in [3.63, 3.8) is 0 Å². The van der Waals surface area contributed by atoms with E-state index in [1.54, 1.807) is 19.1 Å². The van der Waals surface area contributed by atoms with Crippen molar-refractivity contribution >= 4 is 11.9 Å². The van der Waals surface area contributed by atoms with Crippen LogP contribution in [0.15, 0.2) is 24.3 Å². The monoisotopic (exact) mass is 263 g/mol. The second-order valence-corrected chi connectivity index (χ2v) is 5.01. The van der Waals surface area contributed by atoms with Crippen molar-refractivity contribution in [2.24, 2.45) is 0 Å². The van der Waals surface area contributed by atoms with E-state index < -0.39 is 17.4 Å². The number of carboxylic acid groups (broad SMARTS) is 1. The number of benzene rings is 1. The minimum absolute atomic E-state index is 0.120. The number of carbonyl (C=O) groups excluding carboxylic acids is 1. The van der Waals surface area contributed by atoms with E-state index in [1.807, 2.05) is 0 Å². The number of rotatable bonds is 2. The SMILES string of the molecule is CC1(C(=O)O)CCCCN1C(=O)c1ccccc1O. The van der Waals surface area contributed by atoms with Gasteiger partial charge in [0.15, 0.2) is 0 Å². The molecule has 0 saturated carbocycles. The molecule has 1 saturated heterocycles. The van der Waals surface area contributed by atoms with Crippen LogP contribution in [-0.2, 0) is 4.79 Å². The molecule has 0 spiro atoms. The number of aliphatic carboxylic acids is 1. The van der Waals surface area contributed by atoms with Crippen molar-refractivity contribution in [2.75, 3.05) is 6.54 Å². The maximum Gasteiger partial charge on any atom is 0.329 e. The molecular formula is C14H17NO4. The van der Waals surface area contributed by atoms with Gasteiger partial charge in [0.25, 0.3) is 5.91 Å². The van der Waals surface area contributed by atoms with Crippen molar-refractivity contribution < 1.29 is 19.8 Å². The van der Waals surface area contributed by atoms with Gasteiger partial charge in [-0.25, -0.2) is 4.79 Å². The fraction of sp³-hybridized carbons (Fsp3) is 0.429. The molecule has 102 valence electrons. The summed E-state index contributed by atoms with van der Waals surface area (Å²) in [5, 5.41) is 19.1. The van der Waals surface area contributed by atoms with Crippen LogP contribution < -0.4 is 0 Å². The number of piperidine rings is 1. The second-order valence-electron chi connectivity index (χ2n) is 5.01. The lowest BCUT2D eigenvalue weighted by atomic mass is 9.87. The summed E-state index contributed by atoms with van der Waals surface area (Å²) in [6.07, 6.45) is 2.00. The Bertz CT molecular complexity index is 514. The Balaban J connectivity index is 2.36. The highest BCUT2D eigenvalue weighted by Gasteiger charge is 2.44. The van der Waals surface area contributed by atoms with Gasteiger partial charge in [-0.3, -0.25) is 4.79 Å². The van der Waals surface area contributed by atoms with Crippen LogP contribution in [0.4, 0.5) is 0 Å². The number of carboxylic acids is 1. The number of carbonyl (C=O) groups is 2. The first-order valence-electron chi connectivity index (χ1n) is 6.30. The predicted octanol–water partition coefficient (Wildman–Crippen LogP) is 1.86. The molecule has 19 heavy (non-hydrogen) atoms. The summed E-state index contributed by atoms with van der Waals surface area (Å²) < 4.78 is 0. The summed E-state index contributed by atoms with van der Waals surface area (Å²) >= 11 is 0. The van der Waals surface area contributed by atoms with E-state index in [0.717, 1.165) is 12.8 Å². The molecule has 1 heterocycles. The molecule has 1 atom stereocenters. The molecule has 1 fully saturated rings. The van der Waals surface area contributed by atoms with Gasteiger partial charge in [0.05, 0.1) is 5.56 Å². The van der Waals surface area contributed by atoms with E-state index in [0.29, 0.717) is 13.0 Å². The van der Waals surface area contributed by atoms with E-state index in [-0.39, 0.29) is 11.3 Å². The highest BCUT2D eigenvalue weighted by atomic mass is 16.4. The molecule has 1 aromatic rings. The fourth-order valence-corrected chi connectivity index (χ4v) is 2.47. The van der Waals surface area contributed by atoms with Gasteiger partial charge in [0, 0.05) is 6.54 Å². The lowest BCUT2D eigenvalue weighted by Crippen LogP contribution is -2.57. The van der Waals surface area contributed by atoms with Crippen LogP contribution in [0.5, 0.6) is 5.75 Å². The highest BCUT2D eigenvalue weighted by molar-refractivity contribution is 5.99. The normalized spacial score (nSPS) is 23.1. The molecule has 0 radical (unpaired) electrons. The Labute approximate surface area is 111 Å². The third-order valence-corrected chi connectivity index (χ3v) is 3.73. The van der Waals surface area contributed by atoms with Gasteiger partial charge in [-0.15, -0.1) is 0 Å². The van der Waals surface area contributed by atoms with Crippen LogP contribution in [0, 0.1) is 0 Å². The van der Waals surface area contributed by atoms with Crippen LogP contribution in [0.25, 0.3) is 0 Å². The molecule has 0 bridgehead atoms. The molecule has 1 amide bonds. The molecule has 0 aliphatic carbocycles. The van der Waals surface area contributed by atoms with Gasteiger partial charge in [0.2, 0.25) is 0 Å². The summed E-state index contributed by atoms with van der Waals surface area (Å²) in [5.74, 6) is -1.55. The van der Waals surface area contributed by atoms with Gasteiger partial charge in [-0.1, -0.05) is 12.1 Å². The number of hydrogen-bond acceptors (Lipinski definition) is 3. The van der Waals surface area contributed by atoms with Crippen molar-refractivity contribution in [1.29, 1.82) is 0 Å². The van der Waals surface area contributed by atoms with E-state index >= 15 is 0 Å². The molecule has 1 aromatic carbocycles. The number of nitrogens with zero attached hydrogens (tertiary/aromatic N) is 1. The molecule has 0 aromatic heterocycles. The maximum atomic E-state index is 12.4. The van der Waals surface area contributed by atoms with Crippen molar-refractivity contribution in [2.45, 2.75) is 31.7 Å². The number of phenols is 1. The Morgan fingerprint density at radius 2 is 1.95 bits per heavy atom. The lowest BCUT2D eigenvalue weighted by molar-refractivity contribution is -0.150. The van der Waals surface area contributed by atoms with Gasteiger partial charge in [-0.05, 0) is 38.3 Å². The number of amides is 1. The van der Waals surface area contributed by atoms with Crippen molar-refractivity contribution in [3.05, 3.63) is 29.8 Å². The Morgan fingerprint density at radius 1 is 1.26 bits per heavy atom. The first-order valence-corrected chi connectivity index (χ1v) is 6.30. The minimum atomic E-state index is -1.20. The largest absolute Gasteiger partial charge is 0.507 e. The second kappa shape index (κ2) is 4.91. The number of para-hydroxylation sites is 1. The van der Waals surface area contributed by atoms with Crippen LogP contribution >= 0.6 is 0 Å². The minimum Gasteiger partial charge on any atom is -0.507 e. The quantitative estimate of drug-likeness (QED) is 0.853. The molecule has 1 unspecified atom stereocenters. The highest BCUT2D eigenvalue weighted by Crippen LogP contribution is 2.31. The van der Waals surface area contributed by atoms with Gasteiger partial charge in [0.1, 0.15) is 11.3 Å². The Kier molecular flexibility index (Phi) is 3.46. The average Bonchev–Trinajstić information content (AvgIpc) is 2.39. The summed E-state index contributed by atoms with van der Waals surface area (Å²) in [4.78, 5) is 25.2. The third kappa shape index (κ3) is 2.28. The first kappa shape index (κ1) is 13.4. The smallest absolute Gasteiger partial charge is 0.329 e.